The Balaban J connectivity index is 1.50. The third kappa shape index (κ3) is 2.68. The number of ether oxygens (including phenoxy) is 1. The lowest BCUT2D eigenvalue weighted by molar-refractivity contribution is 0.0690. The van der Waals surface area contributed by atoms with Crippen molar-refractivity contribution in [2.75, 3.05) is 19.7 Å². The highest BCUT2D eigenvalue weighted by molar-refractivity contribution is 5.84. The van der Waals surface area contributed by atoms with Crippen molar-refractivity contribution in [1.82, 2.24) is 25.2 Å². The van der Waals surface area contributed by atoms with Gasteiger partial charge in [0.25, 0.3) is 0 Å². The number of rotatable bonds is 3. The molecule has 9 heteroatoms. The monoisotopic (exact) mass is 295 g/mol. The lowest BCUT2D eigenvalue weighted by Gasteiger charge is -2.39. The van der Waals surface area contributed by atoms with Crippen molar-refractivity contribution in [1.29, 1.82) is 0 Å². The summed E-state index contributed by atoms with van der Waals surface area (Å²) in [6.07, 6.45) is 2.25. The van der Waals surface area contributed by atoms with E-state index in [-0.39, 0.29) is 29.9 Å². The van der Waals surface area contributed by atoms with E-state index in [0.29, 0.717) is 19.7 Å². The molecule has 0 aromatic carbocycles. The zero-order valence-corrected chi connectivity index (χ0v) is 11.6. The number of nitrogens with one attached hydrogen (secondary N) is 1. The molecule has 2 amide bonds. The van der Waals surface area contributed by atoms with Crippen molar-refractivity contribution in [3.8, 4) is 0 Å². The predicted octanol–water partition coefficient (Wildman–Crippen LogP) is -0.280. The summed E-state index contributed by atoms with van der Waals surface area (Å²) in [7, 11) is 0. The van der Waals surface area contributed by atoms with E-state index in [1.54, 1.807) is 4.90 Å². The molecular formula is C12H17N5O4. The normalized spacial score (nSPS) is 25.7. The van der Waals surface area contributed by atoms with E-state index in [4.69, 9.17) is 9.84 Å². The van der Waals surface area contributed by atoms with E-state index < -0.39 is 5.97 Å². The van der Waals surface area contributed by atoms with Gasteiger partial charge in [0.05, 0.1) is 24.4 Å². The van der Waals surface area contributed by atoms with Crippen LogP contribution in [0.25, 0.3) is 0 Å². The van der Waals surface area contributed by atoms with Crippen LogP contribution in [0.4, 0.5) is 4.79 Å². The lowest BCUT2D eigenvalue weighted by atomic mass is 10.1. The minimum Gasteiger partial charge on any atom is -0.476 e. The summed E-state index contributed by atoms with van der Waals surface area (Å²) in [5, 5.41) is 19.1. The van der Waals surface area contributed by atoms with E-state index in [1.807, 2.05) is 6.92 Å². The van der Waals surface area contributed by atoms with Gasteiger partial charge in [0.2, 0.25) is 0 Å². The molecule has 0 saturated carbocycles. The lowest BCUT2D eigenvalue weighted by Crippen LogP contribution is -2.56. The average Bonchev–Trinajstić information content (AvgIpc) is 2.98. The Morgan fingerprint density at radius 1 is 1.48 bits per heavy atom. The van der Waals surface area contributed by atoms with Gasteiger partial charge in [0.15, 0.2) is 5.69 Å². The Morgan fingerprint density at radius 3 is 2.81 bits per heavy atom. The number of urea groups is 1. The summed E-state index contributed by atoms with van der Waals surface area (Å²) < 4.78 is 6.90. The molecule has 2 fully saturated rings. The first-order valence-electron chi connectivity index (χ1n) is 6.87. The molecule has 1 aromatic rings. The Hall–Kier alpha value is -2.16. The number of likely N-dealkylation sites (tertiary alicyclic amines) is 1. The van der Waals surface area contributed by atoms with Crippen LogP contribution in [-0.4, -0.2) is 68.8 Å². The van der Waals surface area contributed by atoms with Crippen molar-refractivity contribution in [2.24, 2.45) is 0 Å². The molecule has 0 bridgehead atoms. The number of hydrogen-bond donors (Lipinski definition) is 2. The second kappa shape index (κ2) is 5.32. The Morgan fingerprint density at radius 2 is 2.24 bits per heavy atom. The van der Waals surface area contributed by atoms with E-state index in [0.717, 1.165) is 6.42 Å². The van der Waals surface area contributed by atoms with Gasteiger partial charge >= 0.3 is 12.0 Å². The summed E-state index contributed by atoms with van der Waals surface area (Å²) in [6.45, 7) is 3.61. The summed E-state index contributed by atoms with van der Waals surface area (Å²) in [5.74, 6) is -1.11. The number of aromatic carboxylic acids is 1. The van der Waals surface area contributed by atoms with Gasteiger partial charge in [0, 0.05) is 19.7 Å². The first-order valence-corrected chi connectivity index (χ1v) is 6.87. The number of carboxylic acids is 1. The van der Waals surface area contributed by atoms with Crippen LogP contribution in [-0.2, 0) is 4.74 Å². The maximum Gasteiger partial charge on any atom is 0.358 e. The quantitative estimate of drug-likeness (QED) is 0.793. The van der Waals surface area contributed by atoms with Gasteiger partial charge < -0.3 is 20.1 Å². The first-order chi connectivity index (χ1) is 10.0. The zero-order valence-electron chi connectivity index (χ0n) is 11.6. The fraction of sp³-hybridized carbons (Fsp3) is 0.667. The molecule has 21 heavy (non-hydrogen) atoms. The van der Waals surface area contributed by atoms with Gasteiger partial charge in [-0.15, -0.1) is 5.10 Å². The zero-order chi connectivity index (χ0) is 15.0. The molecule has 2 unspecified atom stereocenters. The van der Waals surface area contributed by atoms with Crippen molar-refractivity contribution < 1.29 is 19.4 Å². The largest absolute Gasteiger partial charge is 0.476 e. The summed E-state index contributed by atoms with van der Waals surface area (Å²) in [6, 6.07) is -0.0812. The second-order valence-corrected chi connectivity index (χ2v) is 5.37. The molecule has 2 aliphatic rings. The SMILES string of the molecule is CC1OCCC1NC(=O)N1CC(n2cc(C(=O)O)nn2)C1. The highest BCUT2D eigenvalue weighted by Gasteiger charge is 2.35. The molecule has 3 rings (SSSR count). The van der Waals surface area contributed by atoms with Gasteiger partial charge in [-0.05, 0) is 13.3 Å². The third-order valence-corrected chi connectivity index (χ3v) is 3.94. The molecule has 9 nitrogen and oxygen atoms in total. The highest BCUT2D eigenvalue weighted by atomic mass is 16.5. The van der Waals surface area contributed by atoms with E-state index in [1.165, 1.54) is 10.9 Å². The molecule has 0 aliphatic carbocycles. The van der Waals surface area contributed by atoms with Crippen LogP contribution in [0, 0.1) is 0 Å². The van der Waals surface area contributed by atoms with Crippen molar-refractivity contribution in [3.63, 3.8) is 0 Å². The molecule has 114 valence electrons. The molecular weight excluding hydrogens is 278 g/mol. The number of carboxylic acid groups (broad SMARTS) is 1. The smallest absolute Gasteiger partial charge is 0.358 e. The Kier molecular flexibility index (Phi) is 3.50. The number of aromatic nitrogens is 3. The number of amides is 2. The van der Waals surface area contributed by atoms with E-state index in [9.17, 15) is 9.59 Å². The summed E-state index contributed by atoms with van der Waals surface area (Å²) >= 11 is 0. The number of nitrogens with zero attached hydrogens (tertiary/aromatic N) is 4. The van der Waals surface area contributed by atoms with Crippen molar-refractivity contribution >= 4 is 12.0 Å². The van der Waals surface area contributed by atoms with Gasteiger partial charge in [0.1, 0.15) is 0 Å². The molecule has 0 spiro atoms. The minimum atomic E-state index is -1.11. The van der Waals surface area contributed by atoms with Crippen molar-refractivity contribution in [3.05, 3.63) is 11.9 Å². The van der Waals surface area contributed by atoms with Crippen LogP contribution < -0.4 is 5.32 Å². The third-order valence-electron chi connectivity index (χ3n) is 3.94. The summed E-state index contributed by atoms with van der Waals surface area (Å²) in [5.41, 5.74) is -0.0881. The molecule has 3 heterocycles. The van der Waals surface area contributed by atoms with Crippen LogP contribution in [0.5, 0.6) is 0 Å². The van der Waals surface area contributed by atoms with Crippen LogP contribution >= 0.6 is 0 Å². The number of carbonyl (C=O) groups excluding carboxylic acids is 1. The maximum atomic E-state index is 12.0. The van der Waals surface area contributed by atoms with Crippen LogP contribution in [0.1, 0.15) is 29.9 Å². The van der Waals surface area contributed by atoms with Gasteiger partial charge in [-0.1, -0.05) is 5.21 Å². The fourth-order valence-corrected chi connectivity index (χ4v) is 2.51. The highest BCUT2D eigenvalue weighted by Crippen LogP contribution is 2.21. The molecule has 2 aliphatic heterocycles. The minimum absolute atomic E-state index is 0.0198. The van der Waals surface area contributed by atoms with Gasteiger partial charge in [-0.25, -0.2) is 14.3 Å². The second-order valence-electron chi connectivity index (χ2n) is 5.37. The Labute approximate surface area is 120 Å². The molecule has 0 radical (unpaired) electrons. The van der Waals surface area contributed by atoms with Crippen LogP contribution in [0.15, 0.2) is 6.20 Å². The van der Waals surface area contributed by atoms with Crippen LogP contribution in [0.2, 0.25) is 0 Å². The number of hydrogen-bond acceptors (Lipinski definition) is 5. The van der Waals surface area contributed by atoms with Crippen LogP contribution in [0.3, 0.4) is 0 Å². The fourth-order valence-electron chi connectivity index (χ4n) is 2.51. The van der Waals surface area contributed by atoms with Gasteiger partial charge in [-0.2, -0.15) is 0 Å². The molecule has 2 saturated heterocycles. The topological polar surface area (TPSA) is 110 Å². The number of carbonyl (C=O) groups is 2. The molecule has 2 atom stereocenters. The summed E-state index contributed by atoms with van der Waals surface area (Å²) in [4.78, 5) is 24.4. The first kappa shape index (κ1) is 13.8. The average molecular weight is 295 g/mol. The van der Waals surface area contributed by atoms with Gasteiger partial charge in [-0.3, -0.25) is 0 Å². The van der Waals surface area contributed by atoms with E-state index in [2.05, 4.69) is 15.6 Å². The molecule has 1 aromatic heterocycles. The molecule has 2 N–H and O–H groups in total. The van der Waals surface area contributed by atoms with Crippen molar-refractivity contribution in [2.45, 2.75) is 31.5 Å². The predicted molar refractivity (Wildman–Crippen MR) is 69.9 cm³/mol. The Bertz CT molecular complexity index is 554. The standard InChI is InChI=1S/C12H17N5O4/c1-7-9(2-3-21-7)13-12(20)16-4-8(5-16)17-6-10(11(18)19)14-15-17/h6-9H,2-5H2,1H3,(H,13,20)(H,18,19). The van der Waals surface area contributed by atoms with E-state index >= 15 is 0 Å². The maximum absolute atomic E-state index is 12.0.